The summed E-state index contributed by atoms with van der Waals surface area (Å²) in [5.41, 5.74) is 3.25. The Balaban J connectivity index is 1.47. The molecule has 7 heteroatoms. The summed E-state index contributed by atoms with van der Waals surface area (Å²) in [7, 11) is 0. The average Bonchev–Trinajstić information content (AvgIpc) is 3.13. The predicted molar refractivity (Wildman–Crippen MR) is 108 cm³/mol. The molecule has 0 spiro atoms. The van der Waals surface area contributed by atoms with Gasteiger partial charge in [-0.1, -0.05) is 54.2 Å². The summed E-state index contributed by atoms with van der Waals surface area (Å²) in [6.45, 7) is 1.89. The van der Waals surface area contributed by atoms with Crippen LogP contribution in [0.1, 0.15) is 22.8 Å². The molecule has 1 N–H and O–H groups in total. The lowest BCUT2D eigenvalue weighted by Crippen LogP contribution is -2.17. The number of aryl methyl sites for hydroxylation is 1. The van der Waals surface area contributed by atoms with Crippen LogP contribution in [-0.4, -0.2) is 24.6 Å². The number of aromatic amines is 1. The van der Waals surface area contributed by atoms with Crippen molar-refractivity contribution < 1.29 is 0 Å². The van der Waals surface area contributed by atoms with Crippen LogP contribution < -0.4 is 5.56 Å². The van der Waals surface area contributed by atoms with Crippen molar-refractivity contribution in [3.05, 3.63) is 87.7 Å². The van der Waals surface area contributed by atoms with Gasteiger partial charge in [0.1, 0.15) is 11.5 Å². The highest BCUT2D eigenvalue weighted by Crippen LogP contribution is 2.18. The zero-order valence-electron chi connectivity index (χ0n) is 14.7. The number of rotatable bonds is 5. The number of hydrogen-bond acceptors (Lipinski definition) is 5. The van der Waals surface area contributed by atoms with Crippen molar-refractivity contribution in [3.63, 3.8) is 0 Å². The molecule has 0 atom stereocenters. The Hall–Kier alpha value is -3.19. The van der Waals surface area contributed by atoms with E-state index < -0.39 is 0 Å². The molecule has 0 aliphatic heterocycles. The van der Waals surface area contributed by atoms with Gasteiger partial charge in [-0.2, -0.15) is 0 Å². The van der Waals surface area contributed by atoms with Crippen LogP contribution in [0.4, 0.5) is 0 Å². The number of aromatic nitrogens is 5. The normalized spacial score (nSPS) is 11.4. The Labute approximate surface area is 160 Å². The van der Waals surface area contributed by atoms with Crippen LogP contribution in [0.5, 0.6) is 0 Å². The van der Waals surface area contributed by atoms with Gasteiger partial charge in [0.05, 0.1) is 5.69 Å². The van der Waals surface area contributed by atoms with Gasteiger partial charge < -0.3 is 0 Å². The summed E-state index contributed by atoms with van der Waals surface area (Å²) in [6, 6.07) is 17.2. The summed E-state index contributed by atoms with van der Waals surface area (Å²) in [4.78, 5) is 21.3. The average molecular weight is 375 g/mol. The summed E-state index contributed by atoms with van der Waals surface area (Å²) in [5, 5.41) is 7.73. The first-order valence-electron chi connectivity index (χ1n) is 8.46. The fraction of sp³-hybridized carbons (Fsp3) is 0.100. The Morgan fingerprint density at radius 3 is 2.78 bits per heavy atom. The second kappa shape index (κ2) is 7.59. The molecule has 0 fully saturated rings. The van der Waals surface area contributed by atoms with Gasteiger partial charge >= 0.3 is 0 Å². The number of H-pyrrole nitrogens is 1. The fourth-order valence-electron chi connectivity index (χ4n) is 2.71. The van der Waals surface area contributed by atoms with Gasteiger partial charge in [0.15, 0.2) is 0 Å². The van der Waals surface area contributed by atoms with Crippen LogP contribution in [0.25, 0.3) is 17.8 Å². The van der Waals surface area contributed by atoms with E-state index in [0.29, 0.717) is 28.1 Å². The number of nitrogens with one attached hydrogen (secondary N) is 1. The van der Waals surface area contributed by atoms with E-state index in [1.54, 1.807) is 10.5 Å². The van der Waals surface area contributed by atoms with E-state index in [2.05, 4.69) is 20.2 Å². The second-order valence-electron chi connectivity index (χ2n) is 5.98. The maximum Gasteiger partial charge on any atom is 0.258 e. The molecule has 0 bridgehead atoms. The van der Waals surface area contributed by atoms with Gasteiger partial charge in [-0.15, -0.1) is 5.10 Å². The van der Waals surface area contributed by atoms with E-state index in [1.807, 2.05) is 67.6 Å². The van der Waals surface area contributed by atoms with Gasteiger partial charge in [0.2, 0.25) is 5.16 Å². The summed E-state index contributed by atoms with van der Waals surface area (Å²) >= 11 is 1.44. The summed E-state index contributed by atoms with van der Waals surface area (Å²) in [5.74, 6) is 1.21. The Morgan fingerprint density at radius 1 is 1.07 bits per heavy atom. The van der Waals surface area contributed by atoms with E-state index >= 15 is 0 Å². The topological polar surface area (TPSA) is 75.9 Å². The number of benzene rings is 1. The first-order chi connectivity index (χ1) is 13.2. The molecule has 1 aromatic carbocycles. The van der Waals surface area contributed by atoms with Crippen molar-refractivity contribution in [3.8, 4) is 0 Å². The third-order valence-corrected chi connectivity index (χ3v) is 4.88. The van der Waals surface area contributed by atoms with Gasteiger partial charge in [-0.3, -0.25) is 14.3 Å². The van der Waals surface area contributed by atoms with Crippen molar-refractivity contribution in [2.24, 2.45) is 0 Å². The van der Waals surface area contributed by atoms with Gasteiger partial charge in [0.25, 0.3) is 5.56 Å². The first kappa shape index (κ1) is 17.2. The smallest absolute Gasteiger partial charge is 0.258 e. The minimum Gasteiger partial charge on any atom is -0.269 e. The largest absolute Gasteiger partial charge is 0.269 e. The molecule has 0 saturated carbocycles. The molecule has 0 aliphatic rings. The highest BCUT2D eigenvalue weighted by atomic mass is 32.2. The molecule has 4 aromatic rings. The van der Waals surface area contributed by atoms with Crippen LogP contribution in [0.2, 0.25) is 0 Å². The lowest BCUT2D eigenvalue weighted by Gasteiger charge is -2.05. The molecule has 6 nitrogen and oxygen atoms in total. The van der Waals surface area contributed by atoms with Crippen LogP contribution in [0.3, 0.4) is 0 Å². The van der Waals surface area contributed by atoms with Crippen LogP contribution in [0, 0.1) is 6.92 Å². The Bertz CT molecular complexity index is 1160. The highest BCUT2D eigenvalue weighted by molar-refractivity contribution is 7.98. The number of pyridine rings is 1. The molecular weight excluding hydrogens is 358 g/mol. The summed E-state index contributed by atoms with van der Waals surface area (Å²) < 4.78 is 1.60. The Kier molecular flexibility index (Phi) is 4.84. The Morgan fingerprint density at radius 2 is 1.93 bits per heavy atom. The third kappa shape index (κ3) is 3.98. The molecule has 3 aromatic heterocycles. The lowest BCUT2D eigenvalue weighted by atomic mass is 10.2. The predicted octanol–water partition coefficient (Wildman–Crippen LogP) is 3.58. The minimum absolute atomic E-state index is 0.0739. The van der Waals surface area contributed by atoms with E-state index in [0.717, 1.165) is 11.3 Å². The zero-order chi connectivity index (χ0) is 18.6. The number of thioether (sulfide) groups is 1. The zero-order valence-corrected chi connectivity index (χ0v) is 15.5. The van der Waals surface area contributed by atoms with Crippen molar-refractivity contribution in [1.82, 2.24) is 24.6 Å². The third-order valence-electron chi connectivity index (χ3n) is 4.00. The monoisotopic (exact) mass is 375 g/mol. The van der Waals surface area contributed by atoms with E-state index in [-0.39, 0.29) is 5.56 Å². The molecule has 27 heavy (non-hydrogen) atoms. The van der Waals surface area contributed by atoms with Crippen molar-refractivity contribution >= 4 is 29.6 Å². The van der Waals surface area contributed by atoms with Crippen molar-refractivity contribution in [2.75, 3.05) is 0 Å². The van der Waals surface area contributed by atoms with Gasteiger partial charge in [-0.05, 0) is 30.7 Å². The maximum absolute atomic E-state index is 12.3. The van der Waals surface area contributed by atoms with E-state index in [1.165, 1.54) is 11.8 Å². The quantitative estimate of drug-likeness (QED) is 0.540. The van der Waals surface area contributed by atoms with Crippen molar-refractivity contribution in [2.45, 2.75) is 17.8 Å². The molecule has 0 unspecified atom stereocenters. The minimum atomic E-state index is -0.0739. The molecule has 4 rings (SSSR count). The highest BCUT2D eigenvalue weighted by Gasteiger charge is 2.07. The van der Waals surface area contributed by atoms with Crippen LogP contribution in [-0.2, 0) is 5.75 Å². The molecule has 0 aliphatic carbocycles. The fourth-order valence-corrected chi connectivity index (χ4v) is 3.41. The lowest BCUT2D eigenvalue weighted by molar-refractivity contribution is 0.957. The standard InChI is InChI=1S/C20H17N5OS/c1-14-6-5-9-18-21-16(12-19(26)25(14)18)13-27-20-22-17(23-24-20)11-10-15-7-3-2-4-8-15/h2-12H,13H2,1H3,(H,22,23,24)/b11-10+. The van der Waals surface area contributed by atoms with Crippen LogP contribution in [0.15, 0.2) is 64.5 Å². The number of fused-ring (bicyclic) bond motifs is 1. The summed E-state index contributed by atoms with van der Waals surface area (Å²) in [6.07, 6.45) is 3.86. The molecule has 0 radical (unpaired) electrons. The maximum atomic E-state index is 12.3. The molecule has 0 saturated heterocycles. The van der Waals surface area contributed by atoms with Gasteiger partial charge in [-0.25, -0.2) is 9.97 Å². The SMILES string of the molecule is Cc1cccc2nc(CSc3n[nH]c(/C=C/c4ccccc4)n3)cc(=O)n12. The first-order valence-corrected chi connectivity index (χ1v) is 9.44. The number of nitrogens with zero attached hydrogens (tertiary/aromatic N) is 4. The van der Waals surface area contributed by atoms with E-state index in [9.17, 15) is 4.79 Å². The molecule has 134 valence electrons. The second-order valence-corrected chi connectivity index (χ2v) is 6.92. The van der Waals surface area contributed by atoms with Crippen molar-refractivity contribution in [1.29, 1.82) is 0 Å². The molecule has 0 amide bonds. The van der Waals surface area contributed by atoms with E-state index in [4.69, 9.17) is 0 Å². The van der Waals surface area contributed by atoms with Gasteiger partial charge in [0, 0.05) is 17.5 Å². The van der Waals surface area contributed by atoms with Crippen LogP contribution >= 0.6 is 11.8 Å². The molecular formula is C20H17N5OS. The number of hydrogen-bond donors (Lipinski definition) is 1. The molecule has 3 heterocycles.